The fraction of sp³-hybridized carbons (Fsp3) is 0.143. The fourth-order valence-corrected chi connectivity index (χ4v) is 1.87. The molecule has 0 aliphatic carbocycles. The molecule has 0 bridgehead atoms. The summed E-state index contributed by atoms with van der Waals surface area (Å²) in [5.41, 5.74) is 2.58. The van der Waals surface area contributed by atoms with Crippen LogP contribution in [0.2, 0.25) is 0 Å². The van der Waals surface area contributed by atoms with Gasteiger partial charge in [-0.15, -0.1) is 12.6 Å². The summed E-state index contributed by atoms with van der Waals surface area (Å²) in [4.78, 5) is 1.01. The third-order valence-corrected chi connectivity index (χ3v) is 2.69. The molecule has 0 unspecified atom stereocenters. The lowest BCUT2D eigenvalue weighted by molar-refractivity contribution is 0.692. The number of rotatable bonds is 4. The standard InChI is InChI=1S/C14H15NS/c16-14-8-4-7-13(9-14)11-15-10-12-5-2-1-3-6-12/h1-9,15-16H,10-11H2. The van der Waals surface area contributed by atoms with E-state index in [4.69, 9.17) is 0 Å². The average molecular weight is 229 g/mol. The van der Waals surface area contributed by atoms with E-state index in [0.717, 1.165) is 18.0 Å². The van der Waals surface area contributed by atoms with Gasteiger partial charge in [0.1, 0.15) is 0 Å². The summed E-state index contributed by atoms with van der Waals surface area (Å²) in [7, 11) is 0. The lowest BCUT2D eigenvalue weighted by atomic mass is 10.2. The van der Waals surface area contributed by atoms with Gasteiger partial charge >= 0.3 is 0 Å². The van der Waals surface area contributed by atoms with Crippen molar-refractivity contribution < 1.29 is 0 Å². The van der Waals surface area contributed by atoms with Gasteiger partial charge in [-0.2, -0.15) is 0 Å². The maximum absolute atomic E-state index is 4.32. The highest BCUT2D eigenvalue weighted by molar-refractivity contribution is 7.80. The van der Waals surface area contributed by atoms with Crippen molar-refractivity contribution >= 4 is 12.6 Å². The van der Waals surface area contributed by atoms with Crippen LogP contribution in [0.1, 0.15) is 11.1 Å². The molecule has 0 aromatic heterocycles. The Morgan fingerprint density at radius 2 is 1.50 bits per heavy atom. The molecule has 1 N–H and O–H groups in total. The number of benzene rings is 2. The molecule has 0 saturated heterocycles. The summed E-state index contributed by atoms with van der Waals surface area (Å²) in [5.74, 6) is 0. The molecule has 0 atom stereocenters. The molecule has 1 nitrogen and oxygen atoms in total. The molecule has 0 fully saturated rings. The maximum atomic E-state index is 4.32. The fourth-order valence-electron chi connectivity index (χ4n) is 1.61. The van der Waals surface area contributed by atoms with Crippen LogP contribution in [0.15, 0.2) is 59.5 Å². The highest BCUT2D eigenvalue weighted by atomic mass is 32.1. The molecule has 0 spiro atoms. The summed E-state index contributed by atoms with van der Waals surface area (Å²) in [6.07, 6.45) is 0. The van der Waals surface area contributed by atoms with Crippen LogP contribution in [0.5, 0.6) is 0 Å². The maximum Gasteiger partial charge on any atom is 0.0209 e. The van der Waals surface area contributed by atoms with Crippen molar-refractivity contribution in [3.8, 4) is 0 Å². The van der Waals surface area contributed by atoms with E-state index >= 15 is 0 Å². The first-order chi connectivity index (χ1) is 7.84. The largest absolute Gasteiger partial charge is 0.309 e. The van der Waals surface area contributed by atoms with Crippen LogP contribution in [0.3, 0.4) is 0 Å². The van der Waals surface area contributed by atoms with Crippen LogP contribution in [0.25, 0.3) is 0 Å². The van der Waals surface area contributed by atoms with Crippen LogP contribution in [0, 0.1) is 0 Å². The van der Waals surface area contributed by atoms with Crippen molar-refractivity contribution in [2.75, 3.05) is 0 Å². The Labute approximate surface area is 102 Å². The minimum absolute atomic E-state index is 0.878. The topological polar surface area (TPSA) is 12.0 Å². The first-order valence-electron chi connectivity index (χ1n) is 5.37. The molecule has 2 aromatic carbocycles. The quantitative estimate of drug-likeness (QED) is 0.767. The minimum atomic E-state index is 0.878. The van der Waals surface area contributed by atoms with E-state index in [1.807, 2.05) is 18.2 Å². The molecule has 0 saturated carbocycles. The van der Waals surface area contributed by atoms with Gasteiger partial charge in [0.15, 0.2) is 0 Å². The second kappa shape index (κ2) is 5.73. The normalized spacial score (nSPS) is 10.3. The summed E-state index contributed by atoms with van der Waals surface area (Å²) in [5, 5.41) is 3.41. The molecule has 0 aliphatic heterocycles. The van der Waals surface area contributed by atoms with Crippen molar-refractivity contribution in [2.24, 2.45) is 0 Å². The zero-order valence-electron chi connectivity index (χ0n) is 9.06. The highest BCUT2D eigenvalue weighted by Gasteiger charge is 1.94. The molecule has 0 amide bonds. The smallest absolute Gasteiger partial charge is 0.0209 e. The highest BCUT2D eigenvalue weighted by Crippen LogP contribution is 2.08. The summed E-state index contributed by atoms with van der Waals surface area (Å²) in [6.45, 7) is 1.78. The molecule has 0 radical (unpaired) electrons. The molecule has 2 aromatic rings. The van der Waals surface area contributed by atoms with Crippen LogP contribution in [-0.2, 0) is 13.1 Å². The average Bonchev–Trinajstić information content (AvgIpc) is 2.30. The lowest BCUT2D eigenvalue weighted by Gasteiger charge is -2.05. The van der Waals surface area contributed by atoms with Crippen molar-refractivity contribution in [1.29, 1.82) is 0 Å². The molecule has 2 heteroatoms. The minimum Gasteiger partial charge on any atom is -0.309 e. The monoisotopic (exact) mass is 229 g/mol. The van der Waals surface area contributed by atoms with E-state index in [2.05, 4.69) is 54.3 Å². The van der Waals surface area contributed by atoms with E-state index in [0.29, 0.717) is 0 Å². The summed E-state index contributed by atoms with van der Waals surface area (Å²) >= 11 is 4.32. The first-order valence-corrected chi connectivity index (χ1v) is 5.82. The molecular weight excluding hydrogens is 214 g/mol. The predicted molar refractivity (Wildman–Crippen MR) is 70.7 cm³/mol. The summed E-state index contributed by atoms with van der Waals surface area (Å²) < 4.78 is 0. The van der Waals surface area contributed by atoms with E-state index in [1.54, 1.807) is 0 Å². The van der Waals surface area contributed by atoms with Crippen LogP contribution in [0.4, 0.5) is 0 Å². The summed E-state index contributed by atoms with van der Waals surface area (Å²) in [6, 6.07) is 18.6. The van der Waals surface area contributed by atoms with Gasteiger partial charge in [0, 0.05) is 18.0 Å². The van der Waals surface area contributed by atoms with E-state index in [-0.39, 0.29) is 0 Å². The zero-order chi connectivity index (χ0) is 11.2. The van der Waals surface area contributed by atoms with Gasteiger partial charge in [-0.05, 0) is 23.3 Å². The Balaban J connectivity index is 1.85. The molecular formula is C14H15NS. The Hall–Kier alpha value is -1.25. The number of hydrogen-bond acceptors (Lipinski definition) is 2. The first kappa shape index (κ1) is 11.2. The number of thiol groups is 1. The number of hydrogen-bond donors (Lipinski definition) is 2. The van der Waals surface area contributed by atoms with E-state index < -0.39 is 0 Å². The van der Waals surface area contributed by atoms with Crippen molar-refractivity contribution in [2.45, 2.75) is 18.0 Å². The van der Waals surface area contributed by atoms with Crippen LogP contribution in [-0.4, -0.2) is 0 Å². The predicted octanol–water partition coefficient (Wildman–Crippen LogP) is 3.27. The Morgan fingerprint density at radius 3 is 2.25 bits per heavy atom. The van der Waals surface area contributed by atoms with Gasteiger partial charge in [0.25, 0.3) is 0 Å². The lowest BCUT2D eigenvalue weighted by Crippen LogP contribution is -2.12. The Kier molecular flexibility index (Phi) is 4.03. The van der Waals surface area contributed by atoms with Gasteiger partial charge < -0.3 is 5.32 Å². The molecule has 16 heavy (non-hydrogen) atoms. The zero-order valence-corrected chi connectivity index (χ0v) is 9.95. The van der Waals surface area contributed by atoms with Crippen LogP contribution < -0.4 is 5.32 Å². The molecule has 2 rings (SSSR count). The SMILES string of the molecule is Sc1cccc(CNCc2ccccc2)c1. The van der Waals surface area contributed by atoms with Gasteiger partial charge in [-0.25, -0.2) is 0 Å². The van der Waals surface area contributed by atoms with E-state index in [1.165, 1.54) is 11.1 Å². The van der Waals surface area contributed by atoms with E-state index in [9.17, 15) is 0 Å². The second-order valence-corrected chi connectivity index (χ2v) is 4.28. The number of nitrogens with one attached hydrogen (secondary N) is 1. The second-order valence-electron chi connectivity index (χ2n) is 3.76. The van der Waals surface area contributed by atoms with Gasteiger partial charge in [-0.3, -0.25) is 0 Å². The molecule has 82 valence electrons. The molecule has 0 heterocycles. The third kappa shape index (κ3) is 3.40. The Bertz CT molecular complexity index is 439. The third-order valence-electron chi connectivity index (χ3n) is 2.41. The van der Waals surface area contributed by atoms with Crippen LogP contribution >= 0.6 is 12.6 Å². The van der Waals surface area contributed by atoms with Gasteiger partial charge in [0.05, 0.1) is 0 Å². The van der Waals surface area contributed by atoms with Crippen molar-refractivity contribution in [3.63, 3.8) is 0 Å². The van der Waals surface area contributed by atoms with Gasteiger partial charge in [-0.1, -0.05) is 42.5 Å². The van der Waals surface area contributed by atoms with Gasteiger partial charge in [0.2, 0.25) is 0 Å². The van der Waals surface area contributed by atoms with Crippen molar-refractivity contribution in [1.82, 2.24) is 5.32 Å². The Morgan fingerprint density at radius 1 is 0.812 bits per heavy atom. The van der Waals surface area contributed by atoms with Crippen molar-refractivity contribution in [3.05, 3.63) is 65.7 Å². The molecule has 0 aliphatic rings.